The maximum atomic E-state index is 11.7. The molecule has 8 nitrogen and oxygen atoms in total. The number of rotatable bonds is 4. The second-order valence-corrected chi connectivity index (χ2v) is 4.21. The first-order chi connectivity index (χ1) is 9.56. The summed E-state index contributed by atoms with van der Waals surface area (Å²) in [5, 5.41) is 15.6. The molecular formula is C12H13N3O5. The second kappa shape index (κ2) is 6.11. The smallest absolute Gasteiger partial charge is 0.269 e. The maximum Gasteiger partial charge on any atom is 0.269 e. The lowest BCUT2D eigenvalue weighted by Gasteiger charge is -2.22. The van der Waals surface area contributed by atoms with E-state index in [1.165, 1.54) is 24.3 Å². The molecule has 2 N–H and O–H groups in total. The fourth-order valence-electron chi connectivity index (χ4n) is 1.76. The number of nitrogens with one attached hydrogen (secondary N) is 2. The van der Waals surface area contributed by atoms with Crippen LogP contribution < -0.4 is 10.6 Å². The van der Waals surface area contributed by atoms with Gasteiger partial charge >= 0.3 is 0 Å². The number of amides is 2. The standard InChI is InChI=1S/C12H13N3O5/c16-11(7-10-12(17)13-5-6-20-10)14-8-1-3-9(4-2-8)15(18)19/h1-4,10H,5-7H2,(H,13,17)(H,14,16). The van der Waals surface area contributed by atoms with E-state index in [9.17, 15) is 19.7 Å². The first kappa shape index (κ1) is 13.9. The SMILES string of the molecule is O=C(CC1OCCNC1=O)Nc1ccc([N+](=O)[O-])cc1. The average Bonchev–Trinajstić information content (AvgIpc) is 2.42. The van der Waals surface area contributed by atoms with Crippen molar-refractivity contribution in [3.05, 3.63) is 34.4 Å². The first-order valence-corrected chi connectivity index (χ1v) is 6.00. The van der Waals surface area contributed by atoms with E-state index in [2.05, 4.69) is 10.6 Å². The predicted molar refractivity (Wildman–Crippen MR) is 69.1 cm³/mol. The summed E-state index contributed by atoms with van der Waals surface area (Å²) in [4.78, 5) is 33.1. The quantitative estimate of drug-likeness (QED) is 0.613. The number of carbonyl (C=O) groups is 2. The van der Waals surface area contributed by atoms with Gasteiger partial charge in [0.1, 0.15) is 6.10 Å². The van der Waals surface area contributed by atoms with E-state index >= 15 is 0 Å². The van der Waals surface area contributed by atoms with Crippen LogP contribution in [0.2, 0.25) is 0 Å². The minimum Gasteiger partial charge on any atom is -0.366 e. The van der Waals surface area contributed by atoms with Crippen LogP contribution in [0.5, 0.6) is 0 Å². The molecule has 1 fully saturated rings. The van der Waals surface area contributed by atoms with E-state index in [0.29, 0.717) is 18.8 Å². The second-order valence-electron chi connectivity index (χ2n) is 4.21. The number of ether oxygens (including phenoxy) is 1. The van der Waals surface area contributed by atoms with Crippen molar-refractivity contribution < 1.29 is 19.2 Å². The van der Waals surface area contributed by atoms with Crippen molar-refractivity contribution in [3.63, 3.8) is 0 Å². The molecule has 0 saturated carbocycles. The molecule has 1 aliphatic heterocycles. The molecule has 2 amide bonds. The molecule has 0 spiro atoms. The monoisotopic (exact) mass is 279 g/mol. The molecule has 1 atom stereocenters. The summed E-state index contributed by atoms with van der Waals surface area (Å²) in [5.41, 5.74) is 0.370. The van der Waals surface area contributed by atoms with Gasteiger partial charge in [-0.05, 0) is 12.1 Å². The van der Waals surface area contributed by atoms with Crippen LogP contribution in [-0.4, -0.2) is 36.0 Å². The van der Waals surface area contributed by atoms with E-state index in [4.69, 9.17) is 4.74 Å². The number of hydrogen-bond donors (Lipinski definition) is 2. The van der Waals surface area contributed by atoms with E-state index in [1.54, 1.807) is 0 Å². The normalized spacial score (nSPS) is 18.2. The van der Waals surface area contributed by atoms with Gasteiger partial charge in [-0.2, -0.15) is 0 Å². The minimum absolute atomic E-state index is 0.0574. The highest BCUT2D eigenvalue weighted by Crippen LogP contribution is 2.16. The number of hydrogen-bond acceptors (Lipinski definition) is 5. The summed E-state index contributed by atoms with van der Waals surface area (Å²) in [7, 11) is 0. The Morgan fingerprint density at radius 3 is 2.75 bits per heavy atom. The van der Waals surface area contributed by atoms with E-state index < -0.39 is 11.0 Å². The van der Waals surface area contributed by atoms with E-state index in [-0.39, 0.29) is 23.9 Å². The number of non-ortho nitro benzene ring substituents is 1. The number of carbonyl (C=O) groups excluding carboxylic acids is 2. The Hall–Kier alpha value is -2.48. The van der Waals surface area contributed by atoms with Gasteiger partial charge < -0.3 is 15.4 Å². The van der Waals surface area contributed by atoms with Crippen LogP contribution in [0, 0.1) is 10.1 Å². The molecule has 8 heteroatoms. The Bertz CT molecular complexity index is 528. The zero-order chi connectivity index (χ0) is 14.5. The van der Waals surface area contributed by atoms with Crippen LogP contribution in [0.15, 0.2) is 24.3 Å². The number of nitro groups is 1. The van der Waals surface area contributed by atoms with E-state index in [1.807, 2.05) is 0 Å². The topological polar surface area (TPSA) is 111 Å². The molecule has 1 heterocycles. The molecule has 20 heavy (non-hydrogen) atoms. The largest absolute Gasteiger partial charge is 0.366 e. The molecule has 1 aromatic rings. The summed E-state index contributed by atoms with van der Waals surface area (Å²) in [6.45, 7) is 0.820. The molecule has 0 radical (unpaired) electrons. The fraction of sp³-hybridized carbons (Fsp3) is 0.333. The summed E-state index contributed by atoms with van der Waals surface area (Å²) in [6, 6.07) is 5.44. The van der Waals surface area contributed by atoms with Gasteiger partial charge in [-0.25, -0.2) is 0 Å². The van der Waals surface area contributed by atoms with Crippen molar-refractivity contribution in [3.8, 4) is 0 Å². The van der Waals surface area contributed by atoms with Crippen LogP contribution in [0.3, 0.4) is 0 Å². The van der Waals surface area contributed by atoms with Gasteiger partial charge in [-0.3, -0.25) is 19.7 Å². The Morgan fingerprint density at radius 2 is 2.15 bits per heavy atom. The van der Waals surface area contributed by atoms with Crippen LogP contribution >= 0.6 is 0 Å². The molecule has 1 saturated heterocycles. The third kappa shape index (κ3) is 3.51. The molecule has 1 aromatic carbocycles. The maximum absolute atomic E-state index is 11.7. The first-order valence-electron chi connectivity index (χ1n) is 6.00. The van der Waals surface area contributed by atoms with Gasteiger partial charge in [0, 0.05) is 24.4 Å². The number of morpholine rings is 1. The van der Waals surface area contributed by atoms with Gasteiger partial charge in [-0.1, -0.05) is 0 Å². The van der Waals surface area contributed by atoms with Gasteiger partial charge in [0.15, 0.2) is 0 Å². The van der Waals surface area contributed by atoms with Crippen molar-refractivity contribution in [2.45, 2.75) is 12.5 Å². The predicted octanol–water partition coefficient (Wildman–Crippen LogP) is 0.438. The molecule has 0 aromatic heterocycles. The van der Waals surface area contributed by atoms with E-state index in [0.717, 1.165) is 0 Å². The van der Waals surface area contributed by atoms with Crippen LogP contribution in [0.25, 0.3) is 0 Å². The highest BCUT2D eigenvalue weighted by Gasteiger charge is 2.25. The summed E-state index contributed by atoms with van der Waals surface area (Å²) in [5.74, 6) is -0.698. The Kier molecular flexibility index (Phi) is 4.26. The van der Waals surface area contributed by atoms with Crippen LogP contribution in [0.4, 0.5) is 11.4 Å². The van der Waals surface area contributed by atoms with Crippen LogP contribution in [0.1, 0.15) is 6.42 Å². The zero-order valence-electron chi connectivity index (χ0n) is 10.5. The van der Waals surface area contributed by atoms with Gasteiger partial charge in [-0.15, -0.1) is 0 Å². The Balaban J connectivity index is 1.90. The lowest BCUT2D eigenvalue weighted by atomic mass is 10.2. The van der Waals surface area contributed by atoms with Crippen molar-refractivity contribution in [1.82, 2.24) is 5.32 Å². The third-order valence-electron chi connectivity index (χ3n) is 2.75. The molecule has 106 valence electrons. The fourth-order valence-corrected chi connectivity index (χ4v) is 1.76. The lowest BCUT2D eigenvalue weighted by Crippen LogP contribution is -2.45. The Morgan fingerprint density at radius 1 is 1.45 bits per heavy atom. The van der Waals surface area contributed by atoms with Crippen LogP contribution in [-0.2, 0) is 14.3 Å². The molecule has 1 aliphatic rings. The van der Waals surface area contributed by atoms with Crippen molar-refractivity contribution in [1.29, 1.82) is 0 Å². The number of nitro benzene ring substituents is 1. The molecular weight excluding hydrogens is 266 g/mol. The van der Waals surface area contributed by atoms with Gasteiger partial charge in [0.25, 0.3) is 5.69 Å². The van der Waals surface area contributed by atoms with Crippen molar-refractivity contribution in [2.24, 2.45) is 0 Å². The molecule has 1 unspecified atom stereocenters. The van der Waals surface area contributed by atoms with Crippen molar-refractivity contribution in [2.75, 3.05) is 18.5 Å². The summed E-state index contributed by atoms with van der Waals surface area (Å²) >= 11 is 0. The van der Waals surface area contributed by atoms with Gasteiger partial charge in [0.2, 0.25) is 11.8 Å². The number of anilines is 1. The highest BCUT2D eigenvalue weighted by molar-refractivity contribution is 5.95. The number of benzene rings is 1. The molecule has 2 rings (SSSR count). The number of nitrogens with zero attached hydrogens (tertiary/aromatic N) is 1. The van der Waals surface area contributed by atoms with Crippen molar-refractivity contribution >= 4 is 23.2 Å². The average molecular weight is 279 g/mol. The van der Waals surface area contributed by atoms with Gasteiger partial charge in [0.05, 0.1) is 18.0 Å². The lowest BCUT2D eigenvalue weighted by molar-refractivity contribution is -0.384. The molecule has 0 bridgehead atoms. The minimum atomic E-state index is -0.790. The Labute approximate surface area is 114 Å². The highest BCUT2D eigenvalue weighted by atomic mass is 16.6. The zero-order valence-corrected chi connectivity index (χ0v) is 10.5. The third-order valence-corrected chi connectivity index (χ3v) is 2.75. The molecule has 0 aliphatic carbocycles. The summed E-state index contributed by atoms with van der Waals surface area (Å²) < 4.78 is 5.19. The summed E-state index contributed by atoms with van der Waals surface area (Å²) in [6.07, 6.45) is -0.884.